The summed E-state index contributed by atoms with van der Waals surface area (Å²) in [7, 11) is -3.77. The topological polar surface area (TPSA) is 161 Å². The molecule has 0 bridgehead atoms. The van der Waals surface area contributed by atoms with Gasteiger partial charge in [0.25, 0.3) is 5.89 Å². The summed E-state index contributed by atoms with van der Waals surface area (Å²) in [5.74, 6) is -0.513. The van der Waals surface area contributed by atoms with Crippen molar-refractivity contribution < 1.29 is 22.5 Å². The van der Waals surface area contributed by atoms with Crippen LogP contribution in [0.25, 0.3) is 22.8 Å². The molecule has 1 amide bonds. The van der Waals surface area contributed by atoms with E-state index < -0.39 is 21.7 Å². The van der Waals surface area contributed by atoms with E-state index in [2.05, 4.69) is 20.9 Å². The highest BCUT2D eigenvalue weighted by atomic mass is 32.2. The SMILES string of the molecule is CC(C)Oc1ccc(-c2nc(-c3cccc4c3CC[C@@H]4CNS(=O)(=O)CC(N)=O)no2)cc1C#N. The Labute approximate surface area is 203 Å². The maximum Gasteiger partial charge on any atom is 0.258 e. The molecule has 2 aromatic carbocycles. The lowest BCUT2D eigenvalue weighted by molar-refractivity contribution is -0.115. The molecule has 1 aromatic heterocycles. The van der Waals surface area contributed by atoms with E-state index in [0.29, 0.717) is 22.7 Å². The Bertz CT molecular complexity index is 1410. The van der Waals surface area contributed by atoms with E-state index in [9.17, 15) is 18.5 Å². The molecule has 35 heavy (non-hydrogen) atoms. The van der Waals surface area contributed by atoms with E-state index in [1.165, 1.54) is 0 Å². The second kappa shape index (κ2) is 9.85. The summed E-state index contributed by atoms with van der Waals surface area (Å²) in [6.07, 6.45) is 1.39. The van der Waals surface area contributed by atoms with Crippen LogP contribution in [0.4, 0.5) is 0 Å². The summed E-state index contributed by atoms with van der Waals surface area (Å²) in [6.45, 7) is 3.95. The number of nitrogens with zero attached hydrogens (tertiary/aromatic N) is 3. The van der Waals surface area contributed by atoms with Crippen molar-refractivity contribution >= 4 is 15.9 Å². The number of primary amides is 1. The average molecular weight is 496 g/mol. The highest BCUT2D eigenvalue weighted by molar-refractivity contribution is 7.90. The molecule has 0 saturated heterocycles. The minimum absolute atomic E-state index is 0.0503. The highest BCUT2D eigenvalue weighted by Gasteiger charge is 2.28. The molecule has 1 aliphatic rings. The number of carbonyl (C=O) groups excluding carboxylic acids is 1. The lowest BCUT2D eigenvalue weighted by Gasteiger charge is -2.13. The van der Waals surface area contributed by atoms with Crippen LogP contribution in [-0.4, -0.2) is 42.9 Å². The number of nitrogens with two attached hydrogens (primary N) is 1. The minimum atomic E-state index is -3.77. The maximum atomic E-state index is 12.0. The van der Waals surface area contributed by atoms with E-state index in [1.807, 2.05) is 32.0 Å². The number of aromatic nitrogens is 2. The van der Waals surface area contributed by atoms with Crippen LogP contribution in [0.5, 0.6) is 5.75 Å². The molecule has 0 spiro atoms. The molecule has 4 rings (SSSR count). The van der Waals surface area contributed by atoms with E-state index in [1.54, 1.807) is 18.2 Å². The standard InChI is InChI=1S/C24H25N5O5S/c1-14(2)33-21-9-7-15(10-17(21)11-25)24-28-23(29-34-24)20-5-3-4-18-16(6-8-19(18)20)12-27-35(31,32)13-22(26)30/h3-5,7,9-10,14,16,27H,6,8,12-13H2,1-2H3,(H2,26,30)/t16-/m1/s1. The van der Waals surface area contributed by atoms with Crippen molar-refractivity contribution in [2.24, 2.45) is 5.73 Å². The van der Waals surface area contributed by atoms with Crippen LogP contribution in [0.1, 0.15) is 42.9 Å². The van der Waals surface area contributed by atoms with Crippen LogP contribution >= 0.6 is 0 Å². The number of carbonyl (C=O) groups is 1. The third-order valence-corrected chi connectivity index (χ3v) is 6.92. The molecule has 0 fully saturated rings. The summed E-state index contributed by atoms with van der Waals surface area (Å²) < 4.78 is 37.6. The Morgan fingerprint density at radius 1 is 1.34 bits per heavy atom. The van der Waals surface area contributed by atoms with Crippen molar-refractivity contribution in [1.29, 1.82) is 5.26 Å². The second-order valence-electron chi connectivity index (χ2n) is 8.60. The van der Waals surface area contributed by atoms with Gasteiger partial charge in [-0.15, -0.1) is 0 Å². The van der Waals surface area contributed by atoms with Gasteiger partial charge in [0.15, 0.2) is 0 Å². The van der Waals surface area contributed by atoms with Crippen molar-refractivity contribution in [2.45, 2.75) is 38.7 Å². The van der Waals surface area contributed by atoms with Gasteiger partial charge in [-0.25, -0.2) is 13.1 Å². The fourth-order valence-electron chi connectivity index (χ4n) is 4.18. The number of sulfonamides is 1. The van der Waals surface area contributed by atoms with Crippen molar-refractivity contribution in [3.8, 4) is 34.7 Å². The molecule has 0 saturated carbocycles. The Morgan fingerprint density at radius 3 is 2.86 bits per heavy atom. The highest BCUT2D eigenvalue weighted by Crippen LogP contribution is 2.38. The zero-order valence-corrected chi connectivity index (χ0v) is 20.1. The van der Waals surface area contributed by atoms with Crippen LogP contribution in [-0.2, 0) is 21.2 Å². The molecular weight excluding hydrogens is 470 g/mol. The molecule has 0 unspecified atom stereocenters. The van der Waals surface area contributed by atoms with Crippen LogP contribution < -0.4 is 15.2 Å². The minimum Gasteiger partial charge on any atom is -0.490 e. The molecular formula is C24H25N5O5S. The average Bonchev–Trinajstić information content (AvgIpc) is 3.44. The molecule has 10 nitrogen and oxygen atoms in total. The van der Waals surface area contributed by atoms with Gasteiger partial charge < -0.3 is 15.0 Å². The van der Waals surface area contributed by atoms with Crippen molar-refractivity contribution in [3.63, 3.8) is 0 Å². The predicted octanol–water partition coefficient (Wildman–Crippen LogP) is 2.50. The monoisotopic (exact) mass is 495 g/mol. The number of fused-ring (bicyclic) bond motifs is 1. The lowest BCUT2D eigenvalue weighted by Crippen LogP contribution is -2.35. The van der Waals surface area contributed by atoms with Gasteiger partial charge >= 0.3 is 0 Å². The summed E-state index contributed by atoms with van der Waals surface area (Å²) >= 11 is 0. The first-order chi connectivity index (χ1) is 16.7. The summed E-state index contributed by atoms with van der Waals surface area (Å²) in [4.78, 5) is 15.5. The molecule has 1 aliphatic carbocycles. The van der Waals surface area contributed by atoms with Gasteiger partial charge in [0.05, 0.1) is 11.7 Å². The Hall–Kier alpha value is -3.75. The van der Waals surface area contributed by atoms with Gasteiger partial charge in [0.1, 0.15) is 17.6 Å². The third-order valence-electron chi connectivity index (χ3n) is 5.65. The number of rotatable bonds is 9. The van der Waals surface area contributed by atoms with Gasteiger partial charge in [-0.3, -0.25) is 4.79 Å². The Kier molecular flexibility index (Phi) is 6.86. The second-order valence-corrected chi connectivity index (χ2v) is 10.4. The molecule has 11 heteroatoms. The maximum absolute atomic E-state index is 12.0. The number of hydrogen-bond acceptors (Lipinski definition) is 8. The number of nitriles is 1. The number of benzene rings is 2. The van der Waals surface area contributed by atoms with Crippen molar-refractivity contribution in [3.05, 3.63) is 53.1 Å². The molecule has 1 heterocycles. The molecule has 0 aliphatic heterocycles. The van der Waals surface area contributed by atoms with Gasteiger partial charge in [-0.1, -0.05) is 23.4 Å². The van der Waals surface area contributed by atoms with Gasteiger partial charge in [0.2, 0.25) is 21.8 Å². The first-order valence-corrected chi connectivity index (χ1v) is 12.7. The Morgan fingerprint density at radius 2 is 2.14 bits per heavy atom. The number of amides is 1. The fourth-order valence-corrected chi connectivity index (χ4v) is 5.12. The summed E-state index contributed by atoms with van der Waals surface area (Å²) in [6, 6.07) is 13.0. The van der Waals surface area contributed by atoms with Crippen LogP contribution in [0.3, 0.4) is 0 Å². The van der Waals surface area contributed by atoms with E-state index in [0.717, 1.165) is 29.5 Å². The van der Waals surface area contributed by atoms with Gasteiger partial charge in [-0.05, 0) is 61.9 Å². The third kappa shape index (κ3) is 5.50. The normalized spacial score (nSPS) is 15.1. The van der Waals surface area contributed by atoms with Crippen molar-refractivity contribution in [2.75, 3.05) is 12.3 Å². The largest absolute Gasteiger partial charge is 0.490 e. The predicted molar refractivity (Wildman–Crippen MR) is 128 cm³/mol. The van der Waals surface area contributed by atoms with E-state index in [-0.39, 0.29) is 24.5 Å². The van der Waals surface area contributed by atoms with Crippen LogP contribution in [0.15, 0.2) is 40.9 Å². The van der Waals surface area contributed by atoms with Crippen LogP contribution in [0, 0.1) is 11.3 Å². The molecule has 0 radical (unpaired) electrons. The summed E-state index contributed by atoms with van der Waals surface area (Å²) in [5.41, 5.74) is 8.81. The smallest absolute Gasteiger partial charge is 0.258 e. The van der Waals surface area contributed by atoms with E-state index >= 15 is 0 Å². The van der Waals surface area contributed by atoms with Crippen LogP contribution in [0.2, 0.25) is 0 Å². The number of hydrogen-bond donors (Lipinski definition) is 2. The summed E-state index contributed by atoms with van der Waals surface area (Å²) in [5, 5.41) is 13.6. The Balaban J connectivity index is 1.56. The number of nitrogens with one attached hydrogen (secondary N) is 1. The molecule has 3 aromatic rings. The zero-order chi connectivity index (χ0) is 25.2. The first kappa shape index (κ1) is 24.4. The van der Waals surface area contributed by atoms with Gasteiger partial charge in [0, 0.05) is 17.7 Å². The molecule has 1 atom stereocenters. The quantitative estimate of drug-likeness (QED) is 0.457. The van der Waals surface area contributed by atoms with Crippen molar-refractivity contribution in [1.82, 2.24) is 14.9 Å². The zero-order valence-electron chi connectivity index (χ0n) is 19.3. The lowest BCUT2D eigenvalue weighted by atomic mass is 9.98. The fraction of sp³-hybridized carbons (Fsp3) is 0.333. The number of ether oxygens (including phenoxy) is 1. The molecule has 3 N–H and O–H groups in total. The molecule has 182 valence electrons. The van der Waals surface area contributed by atoms with Gasteiger partial charge in [-0.2, -0.15) is 10.2 Å². The first-order valence-electron chi connectivity index (χ1n) is 11.1. The van der Waals surface area contributed by atoms with E-state index in [4.69, 9.17) is 15.0 Å².